The summed E-state index contributed by atoms with van der Waals surface area (Å²) in [6, 6.07) is 15.0. The topological polar surface area (TPSA) is 63.6 Å². The molecule has 0 bridgehead atoms. The Bertz CT molecular complexity index is 1100. The Morgan fingerprint density at radius 2 is 1.84 bits per heavy atom. The van der Waals surface area contributed by atoms with Crippen LogP contribution < -0.4 is 15.0 Å². The molecule has 1 unspecified atom stereocenters. The molecule has 2 amide bonds. The smallest absolute Gasteiger partial charge is 0.251 e. The van der Waals surface area contributed by atoms with Crippen LogP contribution >= 0.6 is 0 Å². The van der Waals surface area contributed by atoms with Gasteiger partial charge in [-0.15, -0.1) is 0 Å². The number of rotatable bonds is 8. The van der Waals surface area contributed by atoms with Gasteiger partial charge in [-0.2, -0.15) is 0 Å². The second-order valence-electron chi connectivity index (χ2n) is 8.01. The lowest BCUT2D eigenvalue weighted by atomic mass is 10.1. The van der Waals surface area contributed by atoms with Crippen molar-refractivity contribution >= 4 is 28.4 Å². The van der Waals surface area contributed by atoms with Gasteiger partial charge < -0.3 is 14.6 Å². The number of aryl methyl sites for hydroxylation is 1. The van der Waals surface area contributed by atoms with Crippen LogP contribution in [0.3, 0.4) is 0 Å². The zero-order chi connectivity index (χ0) is 22.0. The Morgan fingerprint density at radius 1 is 1.10 bits per heavy atom. The van der Waals surface area contributed by atoms with Crippen LogP contribution in [0.4, 0.5) is 5.69 Å². The summed E-state index contributed by atoms with van der Waals surface area (Å²) in [6.45, 7) is 5.44. The molecule has 0 aliphatic carbocycles. The second-order valence-corrected chi connectivity index (χ2v) is 8.01. The molecular weight excluding hydrogens is 390 g/mol. The molecule has 6 heteroatoms. The number of nitrogens with zero attached hydrogens (tertiary/aromatic N) is 2. The molecule has 1 aromatic heterocycles. The first kappa shape index (κ1) is 21.1. The first-order valence-corrected chi connectivity index (χ1v) is 10.9. The molecule has 162 valence electrons. The first-order valence-electron chi connectivity index (χ1n) is 10.9. The van der Waals surface area contributed by atoms with E-state index in [2.05, 4.69) is 36.0 Å². The lowest BCUT2D eigenvalue weighted by Gasteiger charge is -2.16. The Hall–Kier alpha value is -3.12. The lowest BCUT2D eigenvalue weighted by Crippen LogP contribution is -2.39. The molecule has 0 saturated carbocycles. The van der Waals surface area contributed by atoms with Gasteiger partial charge in [-0.3, -0.25) is 9.59 Å². The molecule has 1 fully saturated rings. The highest BCUT2D eigenvalue weighted by molar-refractivity contribution is 6.22. The zero-order valence-electron chi connectivity index (χ0n) is 18.4. The van der Waals surface area contributed by atoms with E-state index in [1.165, 1.54) is 27.1 Å². The third-order valence-electron chi connectivity index (χ3n) is 6.01. The normalized spacial score (nSPS) is 16.5. The maximum atomic E-state index is 12.9. The van der Waals surface area contributed by atoms with E-state index in [-0.39, 0.29) is 18.2 Å². The number of carbonyl (C=O) groups excluding carboxylic acids is 2. The predicted molar refractivity (Wildman–Crippen MR) is 122 cm³/mol. The van der Waals surface area contributed by atoms with Crippen molar-refractivity contribution in [3.63, 3.8) is 0 Å². The molecule has 0 radical (unpaired) electrons. The standard InChI is InChI=1S/C25H29N3O3/c1-4-15-31-19-11-9-18(10-12-19)28-24(29)16-22(25(28)30)26-14-13-20-17(2)27(3)23-8-6-5-7-21(20)23/h5-12,22,26H,4,13-16H2,1-3H3. The number of imide groups is 1. The van der Waals surface area contributed by atoms with E-state index in [0.29, 0.717) is 18.8 Å². The molecule has 2 aromatic carbocycles. The number of hydrogen-bond donors (Lipinski definition) is 1. The number of aromatic nitrogens is 1. The molecule has 6 nitrogen and oxygen atoms in total. The SMILES string of the molecule is CCCOc1ccc(N2C(=O)CC(NCCc3c(C)n(C)c4ccccc34)C2=O)cc1. The van der Waals surface area contributed by atoms with E-state index in [1.807, 2.05) is 19.1 Å². The molecule has 4 rings (SSSR count). The van der Waals surface area contributed by atoms with Gasteiger partial charge in [-0.05, 0) is 55.7 Å². The number of ether oxygens (including phenoxy) is 1. The molecule has 1 aliphatic rings. The summed E-state index contributed by atoms with van der Waals surface area (Å²) in [4.78, 5) is 26.7. The third kappa shape index (κ3) is 4.08. The quantitative estimate of drug-likeness (QED) is 0.565. The average molecular weight is 420 g/mol. The monoisotopic (exact) mass is 419 g/mol. The minimum absolute atomic E-state index is 0.175. The number of fused-ring (bicyclic) bond motifs is 1. The molecule has 1 atom stereocenters. The van der Waals surface area contributed by atoms with Crippen molar-refractivity contribution in [2.75, 3.05) is 18.1 Å². The van der Waals surface area contributed by atoms with E-state index in [1.54, 1.807) is 24.3 Å². The van der Waals surface area contributed by atoms with Crippen LogP contribution in [-0.2, 0) is 23.1 Å². The number of benzene rings is 2. The fourth-order valence-corrected chi connectivity index (χ4v) is 4.26. The summed E-state index contributed by atoms with van der Waals surface area (Å²) < 4.78 is 7.78. The summed E-state index contributed by atoms with van der Waals surface area (Å²) in [5.41, 5.74) is 4.30. The molecule has 1 N–H and O–H groups in total. The molecule has 1 saturated heterocycles. The Labute approximate surface area is 182 Å². The van der Waals surface area contributed by atoms with Gasteiger partial charge in [0.1, 0.15) is 5.75 Å². The van der Waals surface area contributed by atoms with Gasteiger partial charge in [-0.25, -0.2) is 4.90 Å². The summed E-state index contributed by atoms with van der Waals surface area (Å²) in [5.74, 6) is 0.373. The second kappa shape index (κ2) is 8.94. The number of nitrogens with one attached hydrogen (secondary N) is 1. The van der Waals surface area contributed by atoms with Crippen molar-refractivity contribution in [3.05, 3.63) is 59.8 Å². The van der Waals surface area contributed by atoms with E-state index in [0.717, 1.165) is 18.6 Å². The van der Waals surface area contributed by atoms with Crippen molar-refractivity contribution in [2.24, 2.45) is 7.05 Å². The maximum absolute atomic E-state index is 12.9. The summed E-state index contributed by atoms with van der Waals surface area (Å²) in [7, 11) is 2.07. The van der Waals surface area contributed by atoms with Crippen LogP contribution in [0.25, 0.3) is 10.9 Å². The van der Waals surface area contributed by atoms with Gasteiger partial charge in [0, 0.05) is 30.2 Å². The Kier molecular flexibility index (Phi) is 6.09. The van der Waals surface area contributed by atoms with Crippen LogP contribution in [0.2, 0.25) is 0 Å². The fraction of sp³-hybridized carbons (Fsp3) is 0.360. The highest BCUT2D eigenvalue weighted by Crippen LogP contribution is 2.27. The molecule has 2 heterocycles. The highest BCUT2D eigenvalue weighted by atomic mass is 16.5. The van der Waals surface area contributed by atoms with Gasteiger partial charge >= 0.3 is 0 Å². The third-order valence-corrected chi connectivity index (χ3v) is 6.01. The number of carbonyl (C=O) groups is 2. The number of hydrogen-bond acceptors (Lipinski definition) is 4. The van der Waals surface area contributed by atoms with Crippen LogP contribution in [0, 0.1) is 6.92 Å². The van der Waals surface area contributed by atoms with E-state index in [9.17, 15) is 9.59 Å². The number of anilines is 1. The Morgan fingerprint density at radius 3 is 2.58 bits per heavy atom. The molecular formula is C25H29N3O3. The molecule has 0 spiro atoms. The van der Waals surface area contributed by atoms with Crippen molar-refractivity contribution < 1.29 is 14.3 Å². The van der Waals surface area contributed by atoms with Gasteiger partial charge in [-0.1, -0.05) is 25.1 Å². The van der Waals surface area contributed by atoms with Crippen LogP contribution in [0.1, 0.15) is 31.0 Å². The van der Waals surface area contributed by atoms with Gasteiger partial charge in [0.15, 0.2) is 0 Å². The van der Waals surface area contributed by atoms with E-state index < -0.39 is 6.04 Å². The fourth-order valence-electron chi connectivity index (χ4n) is 4.26. The van der Waals surface area contributed by atoms with Crippen molar-refractivity contribution in [1.29, 1.82) is 0 Å². The predicted octanol–water partition coefficient (Wildman–Crippen LogP) is 3.74. The Balaban J connectivity index is 1.40. The van der Waals surface area contributed by atoms with Crippen LogP contribution in [0.5, 0.6) is 5.75 Å². The maximum Gasteiger partial charge on any atom is 0.251 e. The summed E-state index contributed by atoms with van der Waals surface area (Å²) >= 11 is 0. The number of amides is 2. The molecule has 31 heavy (non-hydrogen) atoms. The summed E-state index contributed by atoms with van der Waals surface area (Å²) in [6.07, 6.45) is 1.91. The largest absolute Gasteiger partial charge is 0.494 e. The van der Waals surface area contributed by atoms with Gasteiger partial charge in [0.25, 0.3) is 5.91 Å². The van der Waals surface area contributed by atoms with Gasteiger partial charge in [0.05, 0.1) is 24.8 Å². The molecule has 3 aromatic rings. The summed E-state index contributed by atoms with van der Waals surface area (Å²) in [5, 5.41) is 4.55. The minimum atomic E-state index is -0.487. The number of para-hydroxylation sites is 1. The van der Waals surface area contributed by atoms with Crippen molar-refractivity contribution in [2.45, 2.75) is 39.2 Å². The van der Waals surface area contributed by atoms with Crippen molar-refractivity contribution in [3.8, 4) is 5.75 Å². The van der Waals surface area contributed by atoms with Crippen LogP contribution in [0.15, 0.2) is 48.5 Å². The lowest BCUT2D eigenvalue weighted by molar-refractivity contribution is -0.121. The average Bonchev–Trinajstić information content (AvgIpc) is 3.20. The van der Waals surface area contributed by atoms with Crippen LogP contribution in [-0.4, -0.2) is 35.6 Å². The van der Waals surface area contributed by atoms with E-state index >= 15 is 0 Å². The van der Waals surface area contributed by atoms with Gasteiger partial charge in [0.2, 0.25) is 5.91 Å². The minimum Gasteiger partial charge on any atom is -0.494 e. The molecule has 1 aliphatic heterocycles. The highest BCUT2D eigenvalue weighted by Gasteiger charge is 2.39. The first-order chi connectivity index (χ1) is 15.0. The van der Waals surface area contributed by atoms with E-state index in [4.69, 9.17) is 4.74 Å². The zero-order valence-corrected chi connectivity index (χ0v) is 18.4. The van der Waals surface area contributed by atoms with Crippen molar-refractivity contribution in [1.82, 2.24) is 9.88 Å².